The molecule has 0 unspecified atom stereocenters. The summed E-state index contributed by atoms with van der Waals surface area (Å²) >= 11 is 1.59. The summed E-state index contributed by atoms with van der Waals surface area (Å²) in [5.41, 5.74) is 0.844. The third-order valence-corrected chi connectivity index (χ3v) is 5.91. The topological polar surface area (TPSA) is 73.2 Å². The van der Waals surface area contributed by atoms with E-state index >= 15 is 0 Å². The van der Waals surface area contributed by atoms with Crippen molar-refractivity contribution >= 4 is 21.4 Å². The molecule has 0 radical (unpaired) electrons. The number of aromatic nitrogens is 2. The van der Waals surface area contributed by atoms with Gasteiger partial charge >= 0.3 is 0 Å². The third kappa shape index (κ3) is 4.29. The summed E-state index contributed by atoms with van der Waals surface area (Å²) in [5.74, 6) is -0.675. The zero-order valence-electron chi connectivity index (χ0n) is 14.1. The maximum absolute atomic E-state index is 13.9. The summed E-state index contributed by atoms with van der Waals surface area (Å²) in [5, 5.41) is 6.38. The molecule has 0 aliphatic heterocycles. The molecular formula is C17H18FN3O3S2. The van der Waals surface area contributed by atoms with Crippen LogP contribution in [0, 0.1) is 5.82 Å². The number of nitrogens with one attached hydrogen (secondary N) is 1. The van der Waals surface area contributed by atoms with Crippen LogP contribution in [0.25, 0.3) is 10.6 Å². The van der Waals surface area contributed by atoms with Gasteiger partial charge in [-0.05, 0) is 42.6 Å². The predicted octanol–water partition coefficient (Wildman–Crippen LogP) is 3.13. The van der Waals surface area contributed by atoms with Crippen LogP contribution in [0.5, 0.6) is 5.75 Å². The van der Waals surface area contributed by atoms with E-state index in [1.807, 2.05) is 23.6 Å². The van der Waals surface area contributed by atoms with Gasteiger partial charge in [-0.3, -0.25) is 4.68 Å². The highest BCUT2D eigenvalue weighted by Gasteiger charge is 2.16. The monoisotopic (exact) mass is 395 g/mol. The van der Waals surface area contributed by atoms with Crippen LogP contribution in [-0.4, -0.2) is 31.3 Å². The van der Waals surface area contributed by atoms with Crippen molar-refractivity contribution in [2.24, 2.45) is 0 Å². The van der Waals surface area contributed by atoms with Crippen molar-refractivity contribution in [1.29, 1.82) is 0 Å². The van der Waals surface area contributed by atoms with Gasteiger partial charge in [0.25, 0.3) is 0 Å². The lowest BCUT2D eigenvalue weighted by atomic mass is 10.3. The molecule has 0 saturated heterocycles. The molecule has 3 rings (SSSR count). The molecule has 1 aromatic carbocycles. The van der Waals surface area contributed by atoms with Gasteiger partial charge in [0, 0.05) is 12.7 Å². The Labute approximate surface area is 155 Å². The van der Waals surface area contributed by atoms with Crippen LogP contribution < -0.4 is 9.46 Å². The Morgan fingerprint density at radius 2 is 2.15 bits per heavy atom. The van der Waals surface area contributed by atoms with Crippen LogP contribution >= 0.6 is 11.3 Å². The summed E-state index contributed by atoms with van der Waals surface area (Å²) in [4.78, 5) is 0.910. The van der Waals surface area contributed by atoms with E-state index in [9.17, 15) is 12.8 Å². The summed E-state index contributed by atoms with van der Waals surface area (Å²) in [7, 11) is -3.81. The van der Waals surface area contributed by atoms with Gasteiger partial charge in [-0.25, -0.2) is 17.5 Å². The first-order valence-electron chi connectivity index (χ1n) is 7.99. The molecule has 0 aliphatic carbocycles. The van der Waals surface area contributed by atoms with E-state index in [0.29, 0.717) is 13.2 Å². The van der Waals surface area contributed by atoms with Crippen molar-refractivity contribution in [3.8, 4) is 16.3 Å². The third-order valence-electron chi connectivity index (χ3n) is 3.56. The molecule has 138 valence electrons. The second kappa shape index (κ2) is 7.98. The highest BCUT2D eigenvalue weighted by atomic mass is 32.2. The van der Waals surface area contributed by atoms with Gasteiger partial charge in [0.1, 0.15) is 5.69 Å². The number of hydrogen-bond acceptors (Lipinski definition) is 5. The highest BCUT2D eigenvalue weighted by molar-refractivity contribution is 7.89. The molecule has 0 atom stereocenters. The molecule has 0 aliphatic rings. The molecule has 0 amide bonds. The Kier molecular flexibility index (Phi) is 5.70. The fourth-order valence-electron chi connectivity index (χ4n) is 2.34. The van der Waals surface area contributed by atoms with Gasteiger partial charge in [-0.1, -0.05) is 6.07 Å². The summed E-state index contributed by atoms with van der Waals surface area (Å²) in [6.45, 7) is 2.54. The summed E-state index contributed by atoms with van der Waals surface area (Å²) in [6.07, 6.45) is 1.79. The number of sulfonamides is 1. The fraction of sp³-hybridized carbons (Fsp3) is 0.235. The minimum atomic E-state index is -3.81. The second-order valence-electron chi connectivity index (χ2n) is 5.36. The number of halogens is 1. The number of benzene rings is 1. The Morgan fingerprint density at radius 3 is 2.85 bits per heavy atom. The Bertz CT molecular complexity index is 969. The highest BCUT2D eigenvalue weighted by Crippen LogP contribution is 2.22. The van der Waals surface area contributed by atoms with Crippen LogP contribution in [0.3, 0.4) is 0 Å². The molecule has 9 heteroatoms. The van der Waals surface area contributed by atoms with Crippen LogP contribution in [0.15, 0.2) is 52.9 Å². The van der Waals surface area contributed by atoms with Crippen LogP contribution in [0.4, 0.5) is 4.39 Å². The van der Waals surface area contributed by atoms with Gasteiger partial charge < -0.3 is 4.74 Å². The quantitative estimate of drug-likeness (QED) is 0.636. The zero-order chi connectivity index (χ0) is 18.6. The Balaban J connectivity index is 1.61. The molecular weight excluding hydrogens is 377 g/mol. The largest absolute Gasteiger partial charge is 0.491 e. The lowest BCUT2D eigenvalue weighted by molar-refractivity contribution is 0.321. The smallest absolute Gasteiger partial charge is 0.240 e. The van der Waals surface area contributed by atoms with E-state index in [1.165, 1.54) is 12.1 Å². The van der Waals surface area contributed by atoms with Crippen molar-refractivity contribution in [3.63, 3.8) is 0 Å². The first kappa shape index (κ1) is 18.6. The SMILES string of the molecule is CCOc1ccc(S(=O)(=O)NCCn2ccc(-c3cccs3)n2)cc1F. The number of ether oxygens (including phenoxy) is 1. The van der Waals surface area contributed by atoms with Crippen molar-refractivity contribution < 1.29 is 17.5 Å². The first-order valence-corrected chi connectivity index (χ1v) is 10.4. The van der Waals surface area contributed by atoms with E-state index in [-0.39, 0.29) is 17.2 Å². The Morgan fingerprint density at radius 1 is 1.31 bits per heavy atom. The molecule has 0 fully saturated rings. The van der Waals surface area contributed by atoms with E-state index in [2.05, 4.69) is 9.82 Å². The average Bonchev–Trinajstić information content (AvgIpc) is 3.28. The van der Waals surface area contributed by atoms with Crippen molar-refractivity contribution in [1.82, 2.24) is 14.5 Å². The lowest BCUT2D eigenvalue weighted by Crippen LogP contribution is -2.27. The molecule has 2 aromatic heterocycles. The van der Waals surface area contributed by atoms with Gasteiger partial charge in [-0.2, -0.15) is 5.10 Å². The minimum absolute atomic E-state index is 0.0316. The van der Waals surface area contributed by atoms with Gasteiger partial charge in [-0.15, -0.1) is 11.3 Å². The summed E-state index contributed by atoms with van der Waals surface area (Å²) in [6, 6.07) is 9.38. The van der Waals surface area contributed by atoms with E-state index in [0.717, 1.165) is 16.6 Å². The summed E-state index contributed by atoms with van der Waals surface area (Å²) < 4.78 is 47.6. The second-order valence-corrected chi connectivity index (χ2v) is 8.08. The van der Waals surface area contributed by atoms with Crippen LogP contribution in [-0.2, 0) is 16.6 Å². The minimum Gasteiger partial charge on any atom is -0.491 e. The first-order chi connectivity index (χ1) is 12.5. The zero-order valence-corrected chi connectivity index (χ0v) is 15.7. The van der Waals surface area contributed by atoms with E-state index in [4.69, 9.17) is 4.74 Å². The molecule has 26 heavy (non-hydrogen) atoms. The lowest BCUT2D eigenvalue weighted by Gasteiger charge is -2.09. The molecule has 0 saturated carbocycles. The standard InChI is InChI=1S/C17H18FN3O3S2/c1-2-24-16-6-5-13(12-14(16)18)26(22,23)19-8-10-21-9-7-15(20-21)17-4-3-11-25-17/h3-7,9,11-12,19H,2,8,10H2,1H3. The molecule has 3 aromatic rings. The number of thiophene rings is 1. The van der Waals surface area contributed by atoms with Gasteiger partial charge in [0.15, 0.2) is 11.6 Å². The fourth-order valence-corrected chi connectivity index (χ4v) is 4.06. The number of hydrogen-bond donors (Lipinski definition) is 1. The van der Waals surface area contributed by atoms with Crippen molar-refractivity contribution in [3.05, 3.63) is 53.8 Å². The molecule has 0 spiro atoms. The van der Waals surface area contributed by atoms with Gasteiger partial charge in [0.05, 0.1) is 22.9 Å². The predicted molar refractivity (Wildman–Crippen MR) is 98.3 cm³/mol. The van der Waals surface area contributed by atoms with E-state index in [1.54, 1.807) is 29.1 Å². The maximum atomic E-state index is 13.9. The average molecular weight is 395 g/mol. The van der Waals surface area contributed by atoms with Crippen LogP contribution in [0.2, 0.25) is 0 Å². The molecule has 1 N–H and O–H groups in total. The molecule has 0 bridgehead atoms. The van der Waals surface area contributed by atoms with E-state index < -0.39 is 15.8 Å². The van der Waals surface area contributed by atoms with Gasteiger partial charge in [0.2, 0.25) is 10.0 Å². The number of nitrogens with zero attached hydrogens (tertiary/aromatic N) is 2. The van der Waals surface area contributed by atoms with Crippen LogP contribution in [0.1, 0.15) is 6.92 Å². The van der Waals surface area contributed by atoms with Crippen molar-refractivity contribution in [2.75, 3.05) is 13.2 Å². The number of rotatable bonds is 8. The maximum Gasteiger partial charge on any atom is 0.240 e. The van der Waals surface area contributed by atoms with Crippen molar-refractivity contribution in [2.45, 2.75) is 18.4 Å². The Hall–Kier alpha value is -2.23. The normalized spacial score (nSPS) is 11.6. The molecule has 2 heterocycles. The molecule has 6 nitrogen and oxygen atoms in total.